The molecule has 5 nitrogen and oxygen atoms in total. The van der Waals surface area contributed by atoms with E-state index in [1.54, 1.807) is 7.11 Å². The van der Waals surface area contributed by atoms with Crippen LogP contribution in [0, 0.1) is 13.8 Å². The summed E-state index contributed by atoms with van der Waals surface area (Å²) in [6, 6.07) is 10.5. The number of aryl methyl sites for hydroxylation is 1. The Hall–Kier alpha value is -1.83. The van der Waals surface area contributed by atoms with Gasteiger partial charge in [0.05, 0.1) is 19.3 Å². The molecular formula is C21H31IN4O. The van der Waals surface area contributed by atoms with E-state index in [0.717, 1.165) is 41.6 Å². The predicted octanol–water partition coefficient (Wildman–Crippen LogP) is 4.18. The normalized spacial score (nSPS) is 12.1. The quantitative estimate of drug-likeness (QED) is 0.353. The van der Waals surface area contributed by atoms with Crippen LogP contribution >= 0.6 is 24.0 Å². The number of pyridine rings is 1. The van der Waals surface area contributed by atoms with Gasteiger partial charge in [0.1, 0.15) is 5.75 Å². The molecule has 2 aromatic rings. The van der Waals surface area contributed by atoms with Gasteiger partial charge in [-0.3, -0.25) is 4.98 Å². The Bertz CT molecular complexity index is 734. The number of guanidine groups is 1. The average molecular weight is 482 g/mol. The Kier molecular flexibility index (Phi) is 10.1. The molecule has 0 radical (unpaired) electrons. The van der Waals surface area contributed by atoms with Crippen molar-refractivity contribution in [1.29, 1.82) is 0 Å². The highest BCUT2D eigenvalue weighted by atomic mass is 127. The van der Waals surface area contributed by atoms with Gasteiger partial charge in [-0.1, -0.05) is 37.3 Å². The SMILES string of the molecule is CCNC(=NCc1ncc(C)c(OC)c1C)NCC(C)c1ccccc1.I. The number of methoxy groups -OCH3 is 1. The van der Waals surface area contributed by atoms with Gasteiger partial charge in [-0.2, -0.15) is 0 Å². The number of nitrogens with one attached hydrogen (secondary N) is 2. The number of aromatic nitrogens is 1. The molecule has 0 aliphatic carbocycles. The van der Waals surface area contributed by atoms with Crippen molar-refractivity contribution in [2.75, 3.05) is 20.2 Å². The monoisotopic (exact) mass is 482 g/mol. The molecule has 0 saturated carbocycles. The molecule has 1 unspecified atom stereocenters. The molecule has 1 heterocycles. The van der Waals surface area contributed by atoms with Gasteiger partial charge >= 0.3 is 0 Å². The Morgan fingerprint density at radius 2 is 1.89 bits per heavy atom. The van der Waals surface area contributed by atoms with Crippen molar-refractivity contribution in [2.24, 2.45) is 4.99 Å². The van der Waals surface area contributed by atoms with E-state index < -0.39 is 0 Å². The Morgan fingerprint density at radius 3 is 2.52 bits per heavy atom. The van der Waals surface area contributed by atoms with Crippen molar-refractivity contribution in [3.05, 3.63) is 58.9 Å². The number of hydrogen-bond acceptors (Lipinski definition) is 3. The minimum atomic E-state index is 0. The first kappa shape index (κ1) is 23.2. The van der Waals surface area contributed by atoms with E-state index in [4.69, 9.17) is 9.73 Å². The Labute approximate surface area is 180 Å². The zero-order valence-electron chi connectivity index (χ0n) is 16.9. The molecule has 6 heteroatoms. The fourth-order valence-corrected chi connectivity index (χ4v) is 2.88. The second-order valence-electron chi connectivity index (χ2n) is 6.43. The second kappa shape index (κ2) is 11.8. The molecule has 1 aromatic heterocycles. The zero-order chi connectivity index (χ0) is 18.9. The van der Waals surface area contributed by atoms with Crippen LogP contribution < -0.4 is 15.4 Å². The van der Waals surface area contributed by atoms with Crippen molar-refractivity contribution >= 4 is 29.9 Å². The lowest BCUT2D eigenvalue weighted by atomic mass is 10.0. The number of benzene rings is 1. The highest BCUT2D eigenvalue weighted by Gasteiger charge is 2.10. The highest BCUT2D eigenvalue weighted by Crippen LogP contribution is 2.24. The molecule has 0 aliphatic rings. The summed E-state index contributed by atoms with van der Waals surface area (Å²) >= 11 is 0. The lowest BCUT2D eigenvalue weighted by Gasteiger charge is -2.16. The molecule has 0 bridgehead atoms. The molecule has 1 atom stereocenters. The maximum absolute atomic E-state index is 5.48. The summed E-state index contributed by atoms with van der Waals surface area (Å²) in [5.74, 6) is 2.09. The Balaban J connectivity index is 0.00000364. The van der Waals surface area contributed by atoms with Crippen molar-refractivity contribution in [3.63, 3.8) is 0 Å². The van der Waals surface area contributed by atoms with E-state index in [-0.39, 0.29) is 24.0 Å². The van der Waals surface area contributed by atoms with Gasteiger partial charge < -0.3 is 15.4 Å². The van der Waals surface area contributed by atoms with Crippen molar-refractivity contribution in [3.8, 4) is 5.75 Å². The highest BCUT2D eigenvalue weighted by molar-refractivity contribution is 14.0. The number of halogens is 1. The van der Waals surface area contributed by atoms with Gasteiger partial charge in [0.25, 0.3) is 0 Å². The number of ether oxygens (including phenoxy) is 1. The summed E-state index contributed by atoms with van der Waals surface area (Å²) in [4.78, 5) is 9.21. The van der Waals surface area contributed by atoms with Gasteiger partial charge in [-0.05, 0) is 32.3 Å². The van der Waals surface area contributed by atoms with Gasteiger partial charge in [-0.25, -0.2) is 4.99 Å². The van der Waals surface area contributed by atoms with Gasteiger partial charge in [-0.15, -0.1) is 24.0 Å². The van der Waals surface area contributed by atoms with Crippen LogP contribution in [0.4, 0.5) is 0 Å². The standard InChI is InChI=1S/C21H30N4O.HI/c1-6-22-21(24-12-15(2)18-10-8-7-9-11-18)25-14-19-17(4)20(26-5)16(3)13-23-19;/h7-11,13,15H,6,12,14H2,1-5H3,(H2,22,24,25);1H. The first-order valence-corrected chi connectivity index (χ1v) is 9.13. The lowest BCUT2D eigenvalue weighted by molar-refractivity contribution is 0.407. The molecule has 2 rings (SSSR count). The fourth-order valence-electron chi connectivity index (χ4n) is 2.88. The number of hydrogen-bond donors (Lipinski definition) is 2. The third-order valence-corrected chi connectivity index (χ3v) is 4.43. The van der Waals surface area contributed by atoms with Crippen LogP contribution in [0.3, 0.4) is 0 Å². The summed E-state index contributed by atoms with van der Waals surface area (Å²) in [6.45, 7) is 10.5. The van der Waals surface area contributed by atoms with Gasteiger partial charge in [0, 0.05) is 30.4 Å². The fraction of sp³-hybridized carbons (Fsp3) is 0.429. The molecule has 2 N–H and O–H groups in total. The molecule has 1 aromatic carbocycles. The summed E-state index contributed by atoms with van der Waals surface area (Å²) < 4.78 is 5.48. The van der Waals surface area contributed by atoms with Crippen LogP contribution in [0.2, 0.25) is 0 Å². The maximum atomic E-state index is 5.48. The number of nitrogens with zero attached hydrogens (tertiary/aromatic N) is 2. The zero-order valence-corrected chi connectivity index (χ0v) is 19.2. The minimum absolute atomic E-state index is 0. The molecule has 0 aliphatic heterocycles. The van der Waals surface area contributed by atoms with E-state index >= 15 is 0 Å². The van der Waals surface area contributed by atoms with Crippen LogP contribution in [0.1, 0.15) is 42.1 Å². The maximum Gasteiger partial charge on any atom is 0.191 e. The summed E-state index contributed by atoms with van der Waals surface area (Å²) in [5.41, 5.74) is 4.33. The number of aliphatic imine (C=N–C) groups is 1. The smallest absolute Gasteiger partial charge is 0.191 e. The predicted molar refractivity (Wildman–Crippen MR) is 123 cm³/mol. The summed E-state index contributed by atoms with van der Waals surface area (Å²) in [7, 11) is 1.69. The third-order valence-electron chi connectivity index (χ3n) is 4.43. The van der Waals surface area contributed by atoms with Crippen LogP contribution in [-0.4, -0.2) is 31.1 Å². The van der Waals surface area contributed by atoms with Crippen molar-refractivity contribution < 1.29 is 4.74 Å². The molecule has 0 saturated heterocycles. The number of rotatable bonds is 7. The van der Waals surface area contributed by atoms with E-state index in [0.29, 0.717) is 12.5 Å². The largest absolute Gasteiger partial charge is 0.496 e. The van der Waals surface area contributed by atoms with E-state index in [9.17, 15) is 0 Å². The lowest BCUT2D eigenvalue weighted by Crippen LogP contribution is -2.39. The Morgan fingerprint density at radius 1 is 1.19 bits per heavy atom. The topological polar surface area (TPSA) is 58.5 Å². The van der Waals surface area contributed by atoms with Gasteiger partial charge in [0.2, 0.25) is 0 Å². The molecule has 0 spiro atoms. The molecule has 27 heavy (non-hydrogen) atoms. The third kappa shape index (κ3) is 6.68. The van der Waals surface area contributed by atoms with Crippen LogP contribution in [0.15, 0.2) is 41.5 Å². The van der Waals surface area contributed by atoms with E-state index in [1.165, 1.54) is 5.56 Å². The van der Waals surface area contributed by atoms with E-state index in [1.807, 2.05) is 26.1 Å². The van der Waals surface area contributed by atoms with Crippen molar-refractivity contribution in [1.82, 2.24) is 15.6 Å². The second-order valence-corrected chi connectivity index (χ2v) is 6.43. The van der Waals surface area contributed by atoms with Crippen LogP contribution in [0.25, 0.3) is 0 Å². The van der Waals surface area contributed by atoms with Crippen LogP contribution in [0.5, 0.6) is 5.75 Å². The molecule has 148 valence electrons. The first-order chi connectivity index (χ1) is 12.6. The minimum Gasteiger partial charge on any atom is -0.496 e. The first-order valence-electron chi connectivity index (χ1n) is 9.13. The molecule has 0 amide bonds. The molecular weight excluding hydrogens is 451 g/mol. The van der Waals surface area contributed by atoms with E-state index in [2.05, 4.69) is 53.7 Å². The summed E-state index contributed by atoms with van der Waals surface area (Å²) in [6.07, 6.45) is 1.84. The van der Waals surface area contributed by atoms with Crippen molar-refractivity contribution in [2.45, 2.75) is 40.2 Å². The van der Waals surface area contributed by atoms with Gasteiger partial charge in [0.15, 0.2) is 5.96 Å². The average Bonchev–Trinajstić information content (AvgIpc) is 2.66. The van der Waals surface area contributed by atoms with Crippen LogP contribution in [-0.2, 0) is 6.54 Å². The summed E-state index contributed by atoms with van der Waals surface area (Å²) in [5, 5.41) is 6.73. The molecule has 0 fully saturated rings.